The number of nitrogens with zero attached hydrogens (tertiary/aromatic N) is 5. The van der Waals surface area contributed by atoms with Crippen molar-refractivity contribution in [3.8, 4) is 5.69 Å². The highest BCUT2D eigenvalue weighted by Gasteiger charge is 2.31. The lowest BCUT2D eigenvalue weighted by Crippen LogP contribution is -2.14. The lowest BCUT2D eigenvalue weighted by Gasteiger charge is -2.09. The van der Waals surface area contributed by atoms with Gasteiger partial charge in [-0.25, -0.2) is 4.98 Å². The van der Waals surface area contributed by atoms with Gasteiger partial charge in [0.15, 0.2) is 5.16 Å². The van der Waals surface area contributed by atoms with E-state index in [9.17, 15) is 4.79 Å². The number of fused-ring (bicyclic) bond motifs is 1. The quantitative estimate of drug-likeness (QED) is 0.500. The molecule has 134 valence electrons. The van der Waals surface area contributed by atoms with Crippen LogP contribution in [0.4, 0.5) is 0 Å². The van der Waals surface area contributed by atoms with E-state index in [0.717, 1.165) is 22.4 Å². The molecule has 0 amide bonds. The van der Waals surface area contributed by atoms with E-state index >= 15 is 0 Å². The molecule has 3 aromatic heterocycles. The van der Waals surface area contributed by atoms with Crippen LogP contribution in [0.2, 0.25) is 0 Å². The van der Waals surface area contributed by atoms with Crippen LogP contribution in [0.25, 0.3) is 11.3 Å². The second-order valence-electron chi connectivity index (χ2n) is 6.59. The monoisotopic (exact) mass is 375 g/mol. The van der Waals surface area contributed by atoms with E-state index in [1.165, 1.54) is 12.8 Å². The van der Waals surface area contributed by atoms with Gasteiger partial charge in [0.25, 0.3) is 5.56 Å². The third-order valence-electron chi connectivity index (χ3n) is 4.59. The zero-order valence-corrected chi connectivity index (χ0v) is 15.3. The first-order valence-electron chi connectivity index (χ1n) is 8.90. The predicted molar refractivity (Wildman–Crippen MR) is 104 cm³/mol. The molecular formula is C20H17N5OS. The van der Waals surface area contributed by atoms with E-state index in [0.29, 0.717) is 17.3 Å². The average molecular weight is 375 g/mol. The van der Waals surface area contributed by atoms with Gasteiger partial charge >= 0.3 is 0 Å². The first-order chi connectivity index (χ1) is 13.3. The van der Waals surface area contributed by atoms with Crippen molar-refractivity contribution >= 4 is 17.4 Å². The summed E-state index contributed by atoms with van der Waals surface area (Å²) in [6.07, 6.45) is 4.06. The van der Waals surface area contributed by atoms with E-state index in [-0.39, 0.29) is 5.56 Å². The molecule has 0 radical (unpaired) electrons. The van der Waals surface area contributed by atoms with E-state index in [4.69, 9.17) is 0 Å². The van der Waals surface area contributed by atoms with Crippen molar-refractivity contribution < 1.29 is 0 Å². The van der Waals surface area contributed by atoms with Crippen LogP contribution in [-0.2, 0) is 5.75 Å². The predicted octanol–water partition coefficient (Wildman–Crippen LogP) is 3.44. The highest BCUT2D eigenvalue weighted by molar-refractivity contribution is 7.98. The maximum atomic E-state index is 12.3. The third kappa shape index (κ3) is 3.14. The van der Waals surface area contributed by atoms with Gasteiger partial charge in [-0.2, -0.15) is 0 Å². The van der Waals surface area contributed by atoms with Gasteiger partial charge in [0.1, 0.15) is 11.5 Å². The van der Waals surface area contributed by atoms with Crippen LogP contribution in [0.5, 0.6) is 0 Å². The molecule has 3 heterocycles. The number of aromatic nitrogens is 5. The normalized spacial score (nSPS) is 13.9. The maximum Gasteiger partial charge on any atom is 0.258 e. The van der Waals surface area contributed by atoms with E-state index in [2.05, 4.69) is 31.9 Å². The maximum absolute atomic E-state index is 12.3. The fraction of sp³-hybridized carbons (Fsp3) is 0.200. The van der Waals surface area contributed by atoms with Gasteiger partial charge in [0.05, 0.1) is 5.69 Å². The van der Waals surface area contributed by atoms with Crippen molar-refractivity contribution in [3.63, 3.8) is 0 Å². The Kier molecular flexibility index (Phi) is 4.01. The highest BCUT2D eigenvalue weighted by atomic mass is 32.2. The van der Waals surface area contributed by atoms with Crippen molar-refractivity contribution in [3.05, 3.63) is 82.7 Å². The minimum absolute atomic E-state index is 0.0700. The first kappa shape index (κ1) is 16.3. The number of pyridine rings is 1. The molecule has 0 N–H and O–H groups in total. The molecule has 5 rings (SSSR count). The standard InChI is InChI=1S/C20H17N5OS/c26-18-12-15(21-17-8-4-5-11-24(17)18)13-27-20-23-22-19(14-9-10-14)25(20)16-6-2-1-3-7-16/h1-8,11-12,14H,9-10,13H2. The van der Waals surface area contributed by atoms with E-state index < -0.39 is 0 Å². The first-order valence-corrected chi connectivity index (χ1v) is 9.89. The number of thioether (sulfide) groups is 1. The Bertz CT molecular complexity index is 1160. The molecule has 0 unspecified atom stereocenters. The van der Waals surface area contributed by atoms with Crippen LogP contribution < -0.4 is 5.56 Å². The van der Waals surface area contributed by atoms with E-state index in [1.807, 2.05) is 36.4 Å². The van der Waals surface area contributed by atoms with Gasteiger partial charge in [0, 0.05) is 29.6 Å². The van der Waals surface area contributed by atoms with Gasteiger partial charge in [-0.05, 0) is 37.1 Å². The summed E-state index contributed by atoms with van der Waals surface area (Å²) in [5.41, 5.74) is 2.40. The molecule has 6 nitrogen and oxygen atoms in total. The molecule has 4 aromatic rings. The lowest BCUT2D eigenvalue weighted by molar-refractivity contribution is 0.829. The summed E-state index contributed by atoms with van der Waals surface area (Å²) < 4.78 is 3.68. The molecule has 1 aliphatic carbocycles. The molecular weight excluding hydrogens is 358 g/mol. The molecule has 0 atom stereocenters. The van der Waals surface area contributed by atoms with Crippen molar-refractivity contribution in [2.75, 3.05) is 0 Å². The second-order valence-corrected chi connectivity index (χ2v) is 7.53. The summed E-state index contributed by atoms with van der Waals surface area (Å²) >= 11 is 1.56. The summed E-state index contributed by atoms with van der Waals surface area (Å²) in [7, 11) is 0. The Labute approximate surface area is 159 Å². The van der Waals surface area contributed by atoms with Crippen LogP contribution in [0, 0.1) is 0 Å². The zero-order chi connectivity index (χ0) is 18.2. The molecule has 1 fully saturated rings. The summed E-state index contributed by atoms with van der Waals surface area (Å²) in [5, 5.41) is 9.69. The largest absolute Gasteiger partial charge is 0.274 e. The number of hydrogen-bond donors (Lipinski definition) is 0. The van der Waals surface area contributed by atoms with Gasteiger partial charge in [0.2, 0.25) is 0 Å². The summed E-state index contributed by atoms with van der Waals surface area (Å²) in [5.74, 6) is 2.08. The number of hydrogen-bond acceptors (Lipinski definition) is 5. The fourth-order valence-electron chi connectivity index (χ4n) is 3.12. The Morgan fingerprint density at radius 1 is 1.04 bits per heavy atom. The number of benzene rings is 1. The average Bonchev–Trinajstić information content (AvgIpc) is 3.46. The fourth-order valence-corrected chi connectivity index (χ4v) is 3.97. The summed E-state index contributed by atoms with van der Waals surface area (Å²) in [6, 6.07) is 17.3. The molecule has 27 heavy (non-hydrogen) atoms. The topological polar surface area (TPSA) is 65.1 Å². The SMILES string of the molecule is O=c1cc(CSc2nnc(C3CC3)n2-c2ccccc2)nc2ccccn12. The zero-order valence-electron chi connectivity index (χ0n) is 14.5. The number of rotatable bonds is 5. The second kappa shape index (κ2) is 6.66. The number of para-hydroxylation sites is 1. The Hall–Kier alpha value is -2.93. The smallest absolute Gasteiger partial charge is 0.258 e. The lowest BCUT2D eigenvalue weighted by atomic mass is 10.3. The van der Waals surface area contributed by atoms with Crippen LogP contribution in [-0.4, -0.2) is 24.1 Å². The summed E-state index contributed by atoms with van der Waals surface area (Å²) in [4.78, 5) is 16.9. The van der Waals surface area contributed by atoms with Gasteiger partial charge < -0.3 is 0 Å². The van der Waals surface area contributed by atoms with Crippen molar-refractivity contribution in [2.24, 2.45) is 0 Å². The molecule has 1 saturated carbocycles. The molecule has 0 bridgehead atoms. The Morgan fingerprint density at radius 2 is 1.85 bits per heavy atom. The van der Waals surface area contributed by atoms with Gasteiger partial charge in [-0.3, -0.25) is 13.8 Å². The molecule has 1 aromatic carbocycles. The van der Waals surface area contributed by atoms with Crippen LogP contribution in [0.3, 0.4) is 0 Å². The Morgan fingerprint density at radius 3 is 2.67 bits per heavy atom. The molecule has 0 aliphatic heterocycles. The molecule has 7 heteroatoms. The summed E-state index contributed by atoms with van der Waals surface area (Å²) in [6.45, 7) is 0. The highest BCUT2D eigenvalue weighted by Crippen LogP contribution is 2.41. The van der Waals surface area contributed by atoms with Crippen molar-refractivity contribution in [2.45, 2.75) is 29.7 Å². The minimum atomic E-state index is -0.0700. The van der Waals surface area contributed by atoms with Crippen LogP contribution >= 0.6 is 11.8 Å². The third-order valence-corrected chi connectivity index (χ3v) is 5.55. The van der Waals surface area contributed by atoms with Gasteiger partial charge in [-0.1, -0.05) is 36.0 Å². The van der Waals surface area contributed by atoms with Crippen molar-refractivity contribution in [1.29, 1.82) is 0 Å². The van der Waals surface area contributed by atoms with E-state index in [1.54, 1.807) is 28.4 Å². The van der Waals surface area contributed by atoms with Crippen molar-refractivity contribution in [1.82, 2.24) is 24.1 Å². The molecule has 0 spiro atoms. The minimum Gasteiger partial charge on any atom is -0.274 e. The van der Waals surface area contributed by atoms with Crippen LogP contribution in [0.15, 0.2) is 70.7 Å². The molecule has 1 aliphatic rings. The van der Waals surface area contributed by atoms with Gasteiger partial charge in [-0.15, -0.1) is 10.2 Å². The molecule has 0 saturated heterocycles. The Balaban J connectivity index is 1.47. The van der Waals surface area contributed by atoms with Crippen LogP contribution in [0.1, 0.15) is 30.3 Å².